The lowest BCUT2D eigenvalue weighted by Gasteiger charge is -2.06. The van der Waals surface area contributed by atoms with Crippen molar-refractivity contribution in [1.82, 2.24) is 4.98 Å². The Morgan fingerprint density at radius 2 is 2.21 bits per heavy atom. The van der Waals surface area contributed by atoms with E-state index in [0.29, 0.717) is 6.29 Å². The molecule has 6 heteroatoms. The Kier molecular flexibility index (Phi) is 3.77. The standard InChI is InChI=1S/C8H5Cl2F2NO/c9-2-4-1-5(3-14)7(10)13-6(4)8(11)12/h1,3,8H,2H2. The maximum absolute atomic E-state index is 12.4. The van der Waals surface area contributed by atoms with Crippen LogP contribution in [0.15, 0.2) is 6.07 Å². The molecule has 1 aromatic heterocycles. The molecule has 0 aromatic carbocycles. The van der Waals surface area contributed by atoms with Crippen LogP contribution in [-0.4, -0.2) is 11.3 Å². The zero-order valence-corrected chi connectivity index (χ0v) is 8.32. The summed E-state index contributed by atoms with van der Waals surface area (Å²) >= 11 is 10.9. The van der Waals surface area contributed by atoms with Crippen molar-refractivity contribution in [1.29, 1.82) is 0 Å². The highest BCUT2D eigenvalue weighted by atomic mass is 35.5. The van der Waals surface area contributed by atoms with E-state index in [1.165, 1.54) is 6.07 Å². The molecule has 0 atom stereocenters. The normalized spacial score (nSPS) is 10.6. The van der Waals surface area contributed by atoms with Crippen molar-refractivity contribution in [2.24, 2.45) is 0 Å². The molecule has 0 unspecified atom stereocenters. The maximum Gasteiger partial charge on any atom is 0.280 e. The molecule has 0 amide bonds. The molecule has 0 saturated heterocycles. The van der Waals surface area contributed by atoms with Gasteiger partial charge in [0.1, 0.15) is 10.8 Å². The Balaban J connectivity index is 3.31. The number of carbonyl (C=O) groups is 1. The second-order valence-electron chi connectivity index (χ2n) is 2.46. The fourth-order valence-corrected chi connectivity index (χ4v) is 1.35. The SMILES string of the molecule is O=Cc1cc(CCl)c(C(F)F)nc1Cl. The van der Waals surface area contributed by atoms with Crippen LogP contribution in [0.2, 0.25) is 5.15 Å². The topological polar surface area (TPSA) is 30.0 Å². The van der Waals surface area contributed by atoms with Crippen molar-refractivity contribution < 1.29 is 13.6 Å². The summed E-state index contributed by atoms with van der Waals surface area (Å²) in [5.74, 6) is -0.134. The Morgan fingerprint density at radius 3 is 2.64 bits per heavy atom. The molecule has 1 rings (SSSR count). The third kappa shape index (κ3) is 2.19. The highest BCUT2D eigenvalue weighted by Crippen LogP contribution is 2.25. The molecular weight excluding hydrogens is 235 g/mol. The first kappa shape index (κ1) is 11.3. The number of rotatable bonds is 3. The summed E-state index contributed by atoms with van der Waals surface area (Å²) in [6.07, 6.45) is -2.30. The number of carbonyl (C=O) groups excluding carboxylic acids is 1. The van der Waals surface area contributed by atoms with E-state index in [4.69, 9.17) is 23.2 Å². The van der Waals surface area contributed by atoms with E-state index >= 15 is 0 Å². The lowest BCUT2D eigenvalue weighted by Crippen LogP contribution is -2.00. The Labute approximate surface area is 88.8 Å². The van der Waals surface area contributed by atoms with Crippen LogP contribution in [0.25, 0.3) is 0 Å². The van der Waals surface area contributed by atoms with Crippen LogP contribution in [-0.2, 0) is 5.88 Å². The van der Waals surface area contributed by atoms with Crippen molar-refractivity contribution >= 4 is 29.5 Å². The minimum absolute atomic E-state index is 0.0618. The smallest absolute Gasteiger partial charge is 0.280 e. The average Bonchev–Trinajstić information content (AvgIpc) is 2.17. The van der Waals surface area contributed by atoms with E-state index in [0.717, 1.165) is 0 Å². The second-order valence-corrected chi connectivity index (χ2v) is 3.09. The lowest BCUT2D eigenvalue weighted by molar-refractivity contribution is 0.112. The van der Waals surface area contributed by atoms with Crippen LogP contribution >= 0.6 is 23.2 Å². The second kappa shape index (κ2) is 4.66. The molecule has 2 nitrogen and oxygen atoms in total. The van der Waals surface area contributed by atoms with Crippen LogP contribution in [0, 0.1) is 0 Å². The van der Waals surface area contributed by atoms with Crippen molar-refractivity contribution in [3.05, 3.63) is 28.0 Å². The van der Waals surface area contributed by atoms with Crippen LogP contribution < -0.4 is 0 Å². The van der Waals surface area contributed by atoms with E-state index in [2.05, 4.69) is 4.98 Å². The number of pyridine rings is 1. The Bertz CT molecular complexity index is 357. The minimum Gasteiger partial charge on any atom is -0.298 e. The van der Waals surface area contributed by atoms with E-state index in [1.807, 2.05) is 0 Å². The Morgan fingerprint density at radius 1 is 1.57 bits per heavy atom. The molecule has 0 fully saturated rings. The van der Waals surface area contributed by atoms with Gasteiger partial charge in [-0.3, -0.25) is 4.79 Å². The van der Waals surface area contributed by atoms with Gasteiger partial charge >= 0.3 is 0 Å². The molecule has 1 heterocycles. The van der Waals surface area contributed by atoms with Crippen LogP contribution in [0.1, 0.15) is 28.0 Å². The summed E-state index contributed by atoms with van der Waals surface area (Å²) < 4.78 is 24.7. The van der Waals surface area contributed by atoms with Gasteiger partial charge in [-0.1, -0.05) is 11.6 Å². The number of nitrogens with zero attached hydrogens (tertiary/aromatic N) is 1. The van der Waals surface area contributed by atoms with E-state index < -0.39 is 12.1 Å². The predicted octanol–water partition coefficient (Wildman–Crippen LogP) is 3.22. The highest BCUT2D eigenvalue weighted by molar-refractivity contribution is 6.31. The van der Waals surface area contributed by atoms with Gasteiger partial charge in [-0.2, -0.15) is 0 Å². The van der Waals surface area contributed by atoms with Gasteiger partial charge in [-0.15, -0.1) is 11.6 Å². The molecule has 0 radical (unpaired) electrons. The van der Waals surface area contributed by atoms with Gasteiger partial charge in [0.2, 0.25) is 0 Å². The molecule has 0 aliphatic heterocycles. The third-order valence-corrected chi connectivity index (χ3v) is 2.18. The summed E-state index contributed by atoms with van der Waals surface area (Å²) in [4.78, 5) is 13.8. The minimum atomic E-state index is -2.75. The monoisotopic (exact) mass is 239 g/mol. The molecule has 0 bridgehead atoms. The van der Waals surface area contributed by atoms with E-state index in [-0.39, 0.29) is 22.2 Å². The van der Waals surface area contributed by atoms with Crippen molar-refractivity contribution in [2.45, 2.75) is 12.3 Å². The van der Waals surface area contributed by atoms with E-state index in [1.54, 1.807) is 0 Å². The molecule has 76 valence electrons. The zero-order chi connectivity index (χ0) is 10.7. The summed E-state index contributed by atoms with van der Waals surface area (Å²) in [6.45, 7) is 0. The first-order valence-electron chi connectivity index (χ1n) is 3.58. The summed E-state index contributed by atoms with van der Waals surface area (Å²) in [5, 5.41) is -0.232. The number of halogens is 4. The number of hydrogen-bond donors (Lipinski definition) is 0. The molecule has 14 heavy (non-hydrogen) atoms. The largest absolute Gasteiger partial charge is 0.298 e. The molecule has 0 saturated carbocycles. The quantitative estimate of drug-likeness (QED) is 0.461. The van der Waals surface area contributed by atoms with Gasteiger partial charge in [0.25, 0.3) is 6.43 Å². The summed E-state index contributed by atoms with van der Waals surface area (Å²) in [5.41, 5.74) is -0.296. The molecule has 0 spiro atoms. The van der Waals surface area contributed by atoms with Gasteiger partial charge in [0, 0.05) is 5.88 Å². The number of aromatic nitrogens is 1. The molecule has 1 aromatic rings. The number of aldehydes is 1. The fourth-order valence-electron chi connectivity index (χ4n) is 0.942. The number of hydrogen-bond acceptors (Lipinski definition) is 2. The van der Waals surface area contributed by atoms with Gasteiger partial charge in [-0.05, 0) is 11.6 Å². The predicted molar refractivity (Wildman–Crippen MR) is 49.1 cm³/mol. The zero-order valence-electron chi connectivity index (χ0n) is 6.81. The first-order valence-corrected chi connectivity index (χ1v) is 4.50. The highest BCUT2D eigenvalue weighted by Gasteiger charge is 2.17. The molecule has 0 N–H and O–H groups in total. The Hall–Kier alpha value is -0.740. The van der Waals surface area contributed by atoms with Crippen LogP contribution in [0.5, 0.6) is 0 Å². The summed E-state index contributed by atoms with van der Waals surface area (Å²) in [7, 11) is 0. The van der Waals surface area contributed by atoms with Crippen LogP contribution in [0.4, 0.5) is 8.78 Å². The van der Waals surface area contributed by atoms with Gasteiger partial charge in [0.05, 0.1) is 5.56 Å². The van der Waals surface area contributed by atoms with Crippen molar-refractivity contribution in [3.8, 4) is 0 Å². The van der Waals surface area contributed by atoms with Crippen LogP contribution in [0.3, 0.4) is 0 Å². The van der Waals surface area contributed by atoms with Gasteiger partial charge < -0.3 is 0 Å². The van der Waals surface area contributed by atoms with Gasteiger partial charge in [0.15, 0.2) is 6.29 Å². The first-order chi connectivity index (χ1) is 6.60. The molecular formula is C8H5Cl2F2NO. The van der Waals surface area contributed by atoms with Gasteiger partial charge in [-0.25, -0.2) is 13.8 Å². The lowest BCUT2D eigenvalue weighted by atomic mass is 10.1. The summed E-state index contributed by atoms with van der Waals surface area (Å²) in [6, 6.07) is 1.22. The maximum atomic E-state index is 12.4. The molecule has 0 aliphatic rings. The van der Waals surface area contributed by atoms with Crippen molar-refractivity contribution in [3.63, 3.8) is 0 Å². The van der Waals surface area contributed by atoms with Crippen molar-refractivity contribution in [2.75, 3.05) is 0 Å². The van der Waals surface area contributed by atoms with E-state index in [9.17, 15) is 13.6 Å². The fraction of sp³-hybridized carbons (Fsp3) is 0.250. The molecule has 0 aliphatic carbocycles. The third-order valence-electron chi connectivity index (χ3n) is 1.59. The number of alkyl halides is 3. The average molecular weight is 240 g/mol.